The molecule has 2 aliphatic rings. The van der Waals surface area contributed by atoms with Crippen LogP contribution in [0.2, 0.25) is 0 Å². The molecule has 1 amide bonds. The average Bonchev–Trinajstić information content (AvgIpc) is 3.01. The maximum Gasteiger partial charge on any atom is 0.221 e. The van der Waals surface area contributed by atoms with Crippen LogP contribution in [0.25, 0.3) is 0 Å². The van der Waals surface area contributed by atoms with E-state index >= 15 is 0 Å². The van der Waals surface area contributed by atoms with E-state index in [2.05, 4.69) is 16.4 Å². The maximum atomic E-state index is 11.9. The van der Waals surface area contributed by atoms with Crippen molar-refractivity contribution >= 4 is 22.2 Å². The predicted octanol–water partition coefficient (Wildman–Crippen LogP) is 1.98. The van der Waals surface area contributed by atoms with Crippen LogP contribution in [-0.2, 0) is 22.4 Å². The second kappa shape index (κ2) is 7.86. The molecule has 2 aromatic rings. The fourth-order valence-corrected chi connectivity index (χ4v) is 5.60. The van der Waals surface area contributed by atoms with Gasteiger partial charge in [-0.15, -0.1) is 11.3 Å². The van der Waals surface area contributed by atoms with Crippen molar-refractivity contribution in [3.05, 3.63) is 46.1 Å². The fraction of sp³-hybridized carbons (Fsp3) is 0.500. The van der Waals surface area contributed by atoms with Gasteiger partial charge in [-0.05, 0) is 43.4 Å². The second-order valence-corrected chi connectivity index (χ2v) is 8.23. The summed E-state index contributed by atoms with van der Waals surface area (Å²) in [6.07, 6.45) is 8.53. The number of carbonyl (C=O) groups is 1. The Morgan fingerprint density at radius 3 is 2.85 bits per heavy atom. The van der Waals surface area contributed by atoms with Crippen molar-refractivity contribution in [1.82, 2.24) is 4.98 Å². The Kier molecular flexibility index (Phi) is 5.33. The minimum Gasteiger partial charge on any atom is -0.370 e. The monoisotopic (exact) mass is 372 g/mol. The number of quaternary nitrogens is 1. The number of ether oxygens (including phenoxy) is 1. The lowest BCUT2D eigenvalue weighted by atomic mass is 9.89. The minimum absolute atomic E-state index is 0.00626. The molecule has 0 spiro atoms. The summed E-state index contributed by atoms with van der Waals surface area (Å²) in [6, 6.07) is 4.39. The number of nitrogens with one attached hydrogen (secondary N) is 2. The molecule has 4 rings (SSSR count). The number of fused-ring (bicyclic) bond motifs is 1. The zero-order chi connectivity index (χ0) is 17.9. The summed E-state index contributed by atoms with van der Waals surface area (Å²) in [6.45, 7) is 5.12. The summed E-state index contributed by atoms with van der Waals surface area (Å²) < 4.78 is 5.61. The van der Waals surface area contributed by atoms with Crippen LogP contribution in [0, 0.1) is 0 Å². The van der Waals surface area contributed by atoms with Crippen LogP contribution in [0.5, 0.6) is 0 Å². The number of pyridine rings is 1. The molecule has 1 saturated heterocycles. The zero-order valence-electron chi connectivity index (χ0n) is 15.2. The summed E-state index contributed by atoms with van der Waals surface area (Å²) in [5.74, 6) is 0.00626. The summed E-state index contributed by atoms with van der Waals surface area (Å²) in [5.41, 5.74) is 4.02. The van der Waals surface area contributed by atoms with E-state index in [-0.39, 0.29) is 11.9 Å². The topological polar surface area (TPSA) is 55.7 Å². The number of rotatable bonds is 4. The van der Waals surface area contributed by atoms with Crippen LogP contribution in [0.1, 0.15) is 47.4 Å². The smallest absolute Gasteiger partial charge is 0.221 e. The molecular weight excluding hydrogens is 346 g/mol. The number of carbonyl (C=O) groups excluding carboxylic acids is 1. The second-order valence-electron chi connectivity index (χ2n) is 7.12. The molecule has 2 aromatic heterocycles. The van der Waals surface area contributed by atoms with E-state index in [0.717, 1.165) is 44.1 Å². The van der Waals surface area contributed by atoms with Gasteiger partial charge in [0.05, 0.1) is 18.8 Å². The van der Waals surface area contributed by atoms with Crippen molar-refractivity contribution in [2.75, 3.05) is 31.6 Å². The van der Waals surface area contributed by atoms with Crippen molar-refractivity contribution < 1.29 is 14.4 Å². The summed E-state index contributed by atoms with van der Waals surface area (Å²) in [4.78, 5) is 19.2. The van der Waals surface area contributed by atoms with Gasteiger partial charge in [0, 0.05) is 29.8 Å². The Bertz CT molecular complexity index is 769. The van der Waals surface area contributed by atoms with Crippen LogP contribution in [-0.4, -0.2) is 37.2 Å². The number of aryl methyl sites for hydroxylation is 1. The van der Waals surface area contributed by atoms with Crippen LogP contribution >= 0.6 is 11.3 Å². The molecule has 1 aliphatic heterocycles. The Morgan fingerprint density at radius 1 is 1.31 bits per heavy atom. The van der Waals surface area contributed by atoms with Crippen LogP contribution in [0.15, 0.2) is 24.5 Å². The number of aromatic nitrogens is 1. The van der Waals surface area contributed by atoms with Crippen molar-refractivity contribution in [2.24, 2.45) is 0 Å². The first-order valence-corrected chi connectivity index (χ1v) is 10.3. The molecule has 1 fully saturated rings. The number of hydrogen-bond donors (Lipinski definition) is 2. The number of thiophene rings is 1. The highest BCUT2D eigenvalue weighted by molar-refractivity contribution is 7.16. The molecule has 6 heteroatoms. The van der Waals surface area contributed by atoms with E-state index in [9.17, 15) is 4.79 Å². The lowest BCUT2D eigenvalue weighted by molar-refractivity contribution is -0.933. The van der Waals surface area contributed by atoms with E-state index in [4.69, 9.17) is 4.74 Å². The lowest BCUT2D eigenvalue weighted by Crippen LogP contribution is -3.14. The molecule has 0 bridgehead atoms. The highest BCUT2D eigenvalue weighted by atomic mass is 32.1. The van der Waals surface area contributed by atoms with Gasteiger partial charge in [-0.1, -0.05) is 0 Å². The van der Waals surface area contributed by atoms with E-state index in [0.29, 0.717) is 0 Å². The van der Waals surface area contributed by atoms with Gasteiger partial charge in [0.15, 0.2) is 0 Å². The standard InChI is InChI=1S/C20H25N3O2S/c1-14(24)22-20-18(16-6-2-3-7-17(16)26-20)19(15-5-4-8-21-13-15)23-9-11-25-12-10-23/h4-5,8,13,19H,2-3,6-7,9-12H2,1H3,(H,22,24)/p+1/t19-/m0/s1. The van der Waals surface area contributed by atoms with Gasteiger partial charge in [0.1, 0.15) is 24.1 Å². The lowest BCUT2D eigenvalue weighted by Gasteiger charge is -2.33. The Balaban J connectivity index is 1.84. The van der Waals surface area contributed by atoms with Gasteiger partial charge >= 0.3 is 0 Å². The van der Waals surface area contributed by atoms with Crippen molar-refractivity contribution in [2.45, 2.75) is 38.6 Å². The molecule has 3 heterocycles. The van der Waals surface area contributed by atoms with Crippen LogP contribution in [0.3, 0.4) is 0 Å². The summed E-state index contributed by atoms with van der Waals surface area (Å²) in [7, 11) is 0. The van der Waals surface area contributed by atoms with E-state index in [1.165, 1.54) is 39.3 Å². The van der Waals surface area contributed by atoms with Crippen molar-refractivity contribution in [3.8, 4) is 0 Å². The van der Waals surface area contributed by atoms with Crippen molar-refractivity contribution in [1.29, 1.82) is 0 Å². The number of amides is 1. The first-order valence-electron chi connectivity index (χ1n) is 9.48. The van der Waals surface area contributed by atoms with E-state index in [1.54, 1.807) is 18.3 Å². The molecule has 1 atom stereocenters. The van der Waals surface area contributed by atoms with Gasteiger partial charge in [-0.3, -0.25) is 9.78 Å². The third-order valence-electron chi connectivity index (χ3n) is 5.35. The molecule has 138 valence electrons. The van der Waals surface area contributed by atoms with Crippen LogP contribution in [0.4, 0.5) is 5.00 Å². The predicted molar refractivity (Wildman–Crippen MR) is 103 cm³/mol. The highest BCUT2D eigenvalue weighted by Crippen LogP contribution is 2.42. The van der Waals surface area contributed by atoms with Gasteiger partial charge in [-0.25, -0.2) is 0 Å². The summed E-state index contributed by atoms with van der Waals surface area (Å²) in [5, 5.41) is 4.17. The average molecular weight is 373 g/mol. The minimum atomic E-state index is 0.00626. The molecular formula is C20H26N3O2S+. The Morgan fingerprint density at radius 2 is 2.12 bits per heavy atom. The van der Waals surface area contributed by atoms with Gasteiger partial charge in [0.2, 0.25) is 5.91 Å². The SMILES string of the molecule is CC(=O)Nc1sc2c(c1[C@H](c1cccnc1)[NH+]1CCOCC1)CCCC2. The normalized spacial score (nSPS) is 19.0. The highest BCUT2D eigenvalue weighted by Gasteiger charge is 2.35. The fourth-order valence-electron chi connectivity index (χ4n) is 4.22. The Labute approximate surface area is 158 Å². The quantitative estimate of drug-likeness (QED) is 0.863. The van der Waals surface area contributed by atoms with Gasteiger partial charge in [0.25, 0.3) is 0 Å². The maximum absolute atomic E-state index is 11.9. The Hall–Kier alpha value is -1.76. The molecule has 1 aliphatic carbocycles. The largest absolute Gasteiger partial charge is 0.370 e. The van der Waals surface area contributed by atoms with Gasteiger partial charge in [-0.2, -0.15) is 0 Å². The zero-order valence-corrected chi connectivity index (χ0v) is 16.0. The molecule has 5 nitrogen and oxygen atoms in total. The van der Waals surface area contributed by atoms with Gasteiger partial charge < -0.3 is 15.0 Å². The number of morpholine rings is 1. The summed E-state index contributed by atoms with van der Waals surface area (Å²) >= 11 is 1.78. The first-order chi connectivity index (χ1) is 12.7. The molecule has 0 unspecified atom stereocenters. The third-order valence-corrected chi connectivity index (χ3v) is 6.57. The van der Waals surface area contributed by atoms with E-state index in [1.807, 2.05) is 18.5 Å². The molecule has 2 N–H and O–H groups in total. The number of nitrogens with zero attached hydrogens (tertiary/aromatic N) is 1. The third kappa shape index (κ3) is 3.54. The molecule has 26 heavy (non-hydrogen) atoms. The molecule has 0 radical (unpaired) electrons. The first kappa shape index (κ1) is 17.6. The van der Waals surface area contributed by atoms with Crippen molar-refractivity contribution in [3.63, 3.8) is 0 Å². The molecule has 0 aromatic carbocycles. The number of anilines is 1. The molecule has 0 saturated carbocycles. The van der Waals surface area contributed by atoms with Crippen LogP contribution < -0.4 is 10.2 Å². The van der Waals surface area contributed by atoms with E-state index < -0.39 is 0 Å². The number of hydrogen-bond acceptors (Lipinski definition) is 4.